The van der Waals surface area contributed by atoms with Gasteiger partial charge in [0.1, 0.15) is 0 Å². The molecule has 3 nitrogen and oxygen atoms in total. The molecule has 0 aliphatic heterocycles. The van der Waals surface area contributed by atoms with Gasteiger partial charge in [0, 0.05) is 13.2 Å². The number of rotatable bonds is 6. The number of carboxylic acids is 1. The highest BCUT2D eigenvalue weighted by Crippen LogP contribution is 2.02. The van der Waals surface area contributed by atoms with Crippen molar-refractivity contribution in [1.29, 1.82) is 0 Å². The fourth-order valence-corrected chi connectivity index (χ4v) is 0.703. The molecule has 0 aromatic rings. The summed E-state index contributed by atoms with van der Waals surface area (Å²) >= 11 is 0. The molecule has 1 atom stereocenters. The minimum absolute atomic E-state index is 0.294. The number of carbonyl (C=O) groups is 1. The number of aliphatic carboxylic acids is 1. The Morgan fingerprint density at radius 1 is 1.42 bits per heavy atom. The van der Waals surface area contributed by atoms with Crippen LogP contribution in [0.5, 0.6) is 0 Å². The van der Waals surface area contributed by atoms with E-state index in [4.69, 9.17) is 9.84 Å². The quantitative estimate of drug-likeness (QED) is 0.624. The molecule has 3 heteroatoms. The summed E-state index contributed by atoms with van der Waals surface area (Å²) in [6.45, 7) is 7.10. The van der Waals surface area contributed by atoms with Crippen LogP contribution in [-0.4, -0.2) is 24.3 Å². The van der Waals surface area contributed by atoms with Crippen molar-refractivity contribution < 1.29 is 14.6 Å². The lowest BCUT2D eigenvalue weighted by Crippen LogP contribution is -2.13. The van der Waals surface area contributed by atoms with E-state index in [-0.39, 0.29) is 5.92 Å². The molecule has 0 radical (unpaired) electrons. The summed E-state index contributed by atoms with van der Waals surface area (Å²) in [7, 11) is 0. The third-order valence-electron chi connectivity index (χ3n) is 1.57. The molecule has 0 spiro atoms. The van der Waals surface area contributed by atoms with Gasteiger partial charge in [0.25, 0.3) is 0 Å². The second-order valence-electron chi connectivity index (χ2n) is 3.50. The topological polar surface area (TPSA) is 46.5 Å². The van der Waals surface area contributed by atoms with Crippen LogP contribution in [0.1, 0.15) is 27.2 Å². The van der Waals surface area contributed by atoms with Crippen LogP contribution >= 0.6 is 0 Å². The summed E-state index contributed by atoms with van der Waals surface area (Å²) in [6, 6.07) is 0. The van der Waals surface area contributed by atoms with Gasteiger partial charge in [0.05, 0.1) is 5.92 Å². The molecule has 0 aliphatic carbocycles. The number of hydrogen-bond donors (Lipinski definition) is 1. The van der Waals surface area contributed by atoms with Gasteiger partial charge in [-0.05, 0) is 12.3 Å². The summed E-state index contributed by atoms with van der Waals surface area (Å²) < 4.78 is 5.25. The Morgan fingerprint density at radius 2 is 2.00 bits per heavy atom. The zero-order valence-corrected chi connectivity index (χ0v) is 8.04. The normalized spacial score (nSPS) is 13.3. The van der Waals surface area contributed by atoms with Crippen molar-refractivity contribution in [2.45, 2.75) is 27.2 Å². The predicted octanol–water partition coefficient (Wildman–Crippen LogP) is 1.77. The first-order chi connectivity index (χ1) is 5.54. The van der Waals surface area contributed by atoms with Crippen LogP contribution in [0, 0.1) is 11.8 Å². The molecule has 0 saturated heterocycles. The number of ether oxygens (including phenoxy) is 1. The Kier molecular flexibility index (Phi) is 5.72. The third-order valence-corrected chi connectivity index (χ3v) is 1.57. The van der Waals surface area contributed by atoms with Gasteiger partial charge in [-0.3, -0.25) is 4.79 Å². The highest BCUT2D eigenvalue weighted by Gasteiger charge is 2.09. The van der Waals surface area contributed by atoms with Crippen molar-refractivity contribution in [2.75, 3.05) is 13.2 Å². The van der Waals surface area contributed by atoms with Crippen LogP contribution in [0.3, 0.4) is 0 Å². The van der Waals surface area contributed by atoms with E-state index >= 15 is 0 Å². The Bertz CT molecular complexity index is 132. The van der Waals surface area contributed by atoms with E-state index in [1.165, 1.54) is 0 Å². The van der Waals surface area contributed by atoms with Crippen molar-refractivity contribution in [1.82, 2.24) is 0 Å². The Balaban J connectivity index is 3.25. The van der Waals surface area contributed by atoms with Crippen molar-refractivity contribution in [3.8, 4) is 0 Å². The summed E-state index contributed by atoms with van der Waals surface area (Å²) in [5, 5.41) is 8.53. The molecule has 0 heterocycles. The molecule has 0 saturated carbocycles. The molecular formula is C9H18O3. The largest absolute Gasteiger partial charge is 0.481 e. The van der Waals surface area contributed by atoms with Crippen molar-refractivity contribution >= 4 is 5.97 Å². The molecule has 0 rings (SSSR count). The van der Waals surface area contributed by atoms with Gasteiger partial charge in [-0.2, -0.15) is 0 Å². The van der Waals surface area contributed by atoms with Crippen LogP contribution < -0.4 is 0 Å². The van der Waals surface area contributed by atoms with E-state index in [9.17, 15) is 4.79 Å². The van der Waals surface area contributed by atoms with Crippen LogP contribution in [0.25, 0.3) is 0 Å². The Labute approximate surface area is 73.7 Å². The molecule has 0 aliphatic rings. The zero-order valence-electron chi connectivity index (χ0n) is 8.04. The van der Waals surface area contributed by atoms with Crippen LogP contribution in [-0.2, 0) is 9.53 Å². The fraction of sp³-hybridized carbons (Fsp3) is 0.889. The average molecular weight is 174 g/mol. The van der Waals surface area contributed by atoms with Gasteiger partial charge >= 0.3 is 5.97 Å². The molecule has 1 N–H and O–H groups in total. The van der Waals surface area contributed by atoms with Crippen LogP contribution in [0.15, 0.2) is 0 Å². The minimum atomic E-state index is -0.747. The Hall–Kier alpha value is -0.570. The first-order valence-electron chi connectivity index (χ1n) is 4.34. The number of hydrogen-bond acceptors (Lipinski definition) is 2. The molecule has 0 aromatic carbocycles. The Morgan fingerprint density at radius 3 is 2.42 bits per heavy atom. The van der Waals surface area contributed by atoms with Gasteiger partial charge < -0.3 is 9.84 Å². The molecule has 1 unspecified atom stereocenters. The lowest BCUT2D eigenvalue weighted by atomic mass is 10.1. The maximum atomic E-state index is 10.4. The zero-order chi connectivity index (χ0) is 9.56. The smallest absolute Gasteiger partial charge is 0.306 e. The second-order valence-corrected chi connectivity index (χ2v) is 3.50. The van der Waals surface area contributed by atoms with E-state index < -0.39 is 5.97 Å². The van der Waals surface area contributed by atoms with Gasteiger partial charge in [-0.15, -0.1) is 0 Å². The molecule has 72 valence electrons. The van der Waals surface area contributed by atoms with E-state index in [1.54, 1.807) is 6.92 Å². The highest BCUT2D eigenvalue weighted by atomic mass is 16.5. The summed E-state index contributed by atoms with van der Waals surface area (Å²) in [5.74, 6) is -0.523. The molecule has 0 fully saturated rings. The van der Waals surface area contributed by atoms with Crippen LogP contribution in [0.4, 0.5) is 0 Å². The fourth-order valence-electron chi connectivity index (χ4n) is 0.703. The van der Waals surface area contributed by atoms with Gasteiger partial charge in [0.2, 0.25) is 0 Å². The molecular weight excluding hydrogens is 156 g/mol. The van der Waals surface area contributed by atoms with Crippen molar-refractivity contribution in [2.24, 2.45) is 11.8 Å². The van der Waals surface area contributed by atoms with Crippen LogP contribution in [0.2, 0.25) is 0 Å². The monoisotopic (exact) mass is 174 g/mol. The number of carboxylic acid groups (broad SMARTS) is 1. The first kappa shape index (κ1) is 11.4. The van der Waals surface area contributed by atoms with Crippen molar-refractivity contribution in [3.05, 3.63) is 0 Å². The summed E-state index contributed by atoms with van der Waals surface area (Å²) in [5.41, 5.74) is 0. The highest BCUT2D eigenvalue weighted by molar-refractivity contribution is 5.69. The van der Waals surface area contributed by atoms with Crippen molar-refractivity contribution in [3.63, 3.8) is 0 Å². The lowest BCUT2D eigenvalue weighted by Gasteiger charge is -2.08. The molecule has 0 amide bonds. The lowest BCUT2D eigenvalue weighted by molar-refractivity contribution is -0.141. The molecule has 12 heavy (non-hydrogen) atoms. The summed E-state index contributed by atoms with van der Waals surface area (Å²) in [6.07, 6.45) is 0.599. The van der Waals surface area contributed by atoms with Gasteiger partial charge in [0.15, 0.2) is 0 Å². The second kappa shape index (κ2) is 6.00. The minimum Gasteiger partial charge on any atom is -0.481 e. The summed E-state index contributed by atoms with van der Waals surface area (Å²) in [4.78, 5) is 10.4. The maximum Gasteiger partial charge on any atom is 0.306 e. The predicted molar refractivity (Wildman–Crippen MR) is 47.1 cm³/mol. The van der Waals surface area contributed by atoms with E-state index in [1.807, 2.05) is 0 Å². The molecule has 0 bridgehead atoms. The SMILES string of the molecule is CC(C)COCCC(C)C(=O)O. The standard InChI is InChI=1S/C9H18O3/c1-7(2)6-12-5-4-8(3)9(10)11/h7-8H,4-6H2,1-3H3,(H,10,11). The maximum absolute atomic E-state index is 10.4. The van der Waals surface area contributed by atoms with E-state index in [0.717, 1.165) is 0 Å². The van der Waals surface area contributed by atoms with Gasteiger partial charge in [-0.25, -0.2) is 0 Å². The van der Waals surface area contributed by atoms with E-state index in [0.29, 0.717) is 25.6 Å². The van der Waals surface area contributed by atoms with E-state index in [2.05, 4.69) is 13.8 Å². The average Bonchev–Trinajstić information content (AvgIpc) is 1.97. The molecule has 0 aromatic heterocycles. The van der Waals surface area contributed by atoms with Gasteiger partial charge in [-0.1, -0.05) is 20.8 Å². The third kappa shape index (κ3) is 6.16. The first-order valence-corrected chi connectivity index (χ1v) is 4.34.